The van der Waals surface area contributed by atoms with Gasteiger partial charge < -0.3 is 4.74 Å². The van der Waals surface area contributed by atoms with Gasteiger partial charge in [-0.1, -0.05) is 13.8 Å². The second-order valence-electron chi connectivity index (χ2n) is 2.48. The van der Waals surface area contributed by atoms with Crippen LogP contribution in [0.3, 0.4) is 0 Å². The van der Waals surface area contributed by atoms with Crippen molar-refractivity contribution in [1.29, 1.82) is 0 Å². The van der Waals surface area contributed by atoms with Crippen molar-refractivity contribution in [1.82, 2.24) is 5.32 Å². The molecule has 9 heavy (non-hydrogen) atoms. The molecule has 2 nitrogen and oxygen atoms in total. The van der Waals surface area contributed by atoms with E-state index in [2.05, 4.69) is 19.2 Å². The predicted molar refractivity (Wildman–Crippen MR) is 37.2 cm³/mol. The Labute approximate surface area is 56.6 Å². The Morgan fingerprint density at radius 2 is 2.22 bits per heavy atom. The lowest BCUT2D eigenvalue weighted by Crippen LogP contribution is -2.28. The molecule has 0 radical (unpaired) electrons. The lowest BCUT2D eigenvalue weighted by atomic mass is 10.1. The van der Waals surface area contributed by atoms with Crippen LogP contribution < -0.4 is 5.32 Å². The van der Waals surface area contributed by atoms with Crippen LogP contribution in [0.4, 0.5) is 0 Å². The number of hydrogen-bond donors (Lipinski definition) is 1. The molecule has 0 aromatic carbocycles. The second kappa shape index (κ2) is 3.18. The van der Waals surface area contributed by atoms with E-state index in [1.54, 1.807) is 0 Å². The summed E-state index contributed by atoms with van der Waals surface area (Å²) >= 11 is 0. The van der Waals surface area contributed by atoms with Crippen molar-refractivity contribution in [2.45, 2.75) is 38.8 Å². The normalized spacial score (nSPS) is 35.3. The van der Waals surface area contributed by atoms with Crippen LogP contribution in [0.15, 0.2) is 0 Å². The van der Waals surface area contributed by atoms with Crippen molar-refractivity contribution in [3.05, 3.63) is 0 Å². The maximum absolute atomic E-state index is 5.39. The first-order chi connectivity index (χ1) is 4.38. The molecule has 0 aromatic heterocycles. The Bertz CT molecular complexity index is 75.0. The summed E-state index contributed by atoms with van der Waals surface area (Å²) in [6.07, 6.45) is 2.78. The van der Waals surface area contributed by atoms with Gasteiger partial charge in [0.1, 0.15) is 0 Å². The first-order valence-corrected chi connectivity index (χ1v) is 3.73. The highest BCUT2D eigenvalue weighted by Crippen LogP contribution is 2.12. The summed E-state index contributed by atoms with van der Waals surface area (Å²) in [7, 11) is 0. The molecule has 0 spiro atoms. The summed E-state index contributed by atoms with van der Waals surface area (Å²) in [6, 6.07) is 0.606. The van der Waals surface area contributed by atoms with Gasteiger partial charge in [0.05, 0.1) is 12.8 Å². The monoisotopic (exact) mass is 129 g/mol. The molecule has 0 amide bonds. The smallest absolute Gasteiger partial charge is 0.0972 e. The SMILES string of the molecule is CCC1NCOC1CC. The van der Waals surface area contributed by atoms with E-state index in [1.807, 2.05) is 0 Å². The molecular weight excluding hydrogens is 114 g/mol. The molecule has 1 fully saturated rings. The molecule has 54 valence electrons. The van der Waals surface area contributed by atoms with E-state index in [9.17, 15) is 0 Å². The molecule has 1 saturated heterocycles. The van der Waals surface area contributed by atoms with Crippen molar-refractivity contribution >= 4 is 0 Å². The molecular formula is C7H15NO. The fraction of sp³-hybridized carbons (Fsp3) is 1.00. The summed E-state index contributed by atoms with van der Waals surface area (Å²) in [5, 5.41) is 3.29. The molecule has 0 saturated carbocycles. The number of hydrogen-bond acceptors (Lipinski definition) is 2. The summed E-state index contributed by atoms with van der Waals surface area (Å²) in [5.74, 6) is 0. The van der Waals surface area contributed by atoms with Gasteiger partial charge in [-0.15, -0.1) is 0 Å². The third kappa shape index (κ3) is 1.43. The quantitative estimate of drug-likeness (QED) is 0.603. The molecule has 0 bridgehead atoms. The molecule has 2 atom stereocenters. The zero-order valence-corrected chi connectivity index (χ0v) is 6.18. The van der Waals surface area contributed by atoms with Gasteiger partial charge in [0, 0.05) is 6.04 Å². The zero-order chi connectivity index (χ0) is 6.69. The van der Waals surface area contributed by atoms with E-state index in [1.165, 1.54) is 6.42 Å². The topological polar surface area (TPSA) is 21.3 Å². The van der Waals surface area contributed by atoms with Gasteiger partial charge >= 0.3 is 0 Å². The van der Waals surface area contributed by atoms with E-state index in [4.69, 9.17) is 4.74 Å². The standard InChI is InChI=1S/C7H15NO/c1-3-6-7(4-2)9-5-8-6/h6-8H,3-5H2,1-2H3. The molecule has 2 unspecified atom stereocenters. The first-order valence-electron chi connectivity index (χ1n) is 3.73. The van der Waals surface area contributed by atoms with Crippen LogP contribution in [-0.2, 0) is 4.74 Å². The van der Waals surface area contributed by atoms with Crippen molar-refractivity contribution in [2.75, 3.05) is 6.73 Å². The van der Waals surface area contributed by atoms with E-state index in [0.717, 1.165) is 13.2 Å². The molecule has 0 aromatic rings. The first kappa shape index (κ1) is 7.03. The number of ether oxygens (including phenoxy) is 1. The van der Waals surface area contributed by atoms with Gasteiger partial charge in [0.25, 0.3) is 0 Å². The average Bonchev–Trinajstić information content (AvgIpc) is 2.33. The van der Waals surface area contributed by atoms with Crippen molar-refractivity contribution in [3.8, 4) is 0 Å². The largest absolute Gasteiger partial charge is 0.361 e. The lowest BCUT2D eigenvalue weighted by molar-refractivity contribution is 0.0989. The van der Waals surface area contributed by atoms with Crippen LogP contribution in [0.5, 0.6) is 0 Å². The van der Waals surface area contributed by atoms with Crippen molar-refractivity contribution in [2.24, 2.45) is 0 Å². The highest BCUT2D eigenvalue weighted by atomic mass is 16.5. The van der Waals surface area contributed by atoms with Gasteiger partial charge in [0.2, 0.25) is 0 Å². The Balaban J connectivity index is 2.32. The Morgan fingerprint density at radius 1 is 1.44 bits per heavy atom. The van der Waals surface area contributed by atoms with Crippen LogP contribution in [0.1, 0.15) is 26.7 Å². The molecule has 0 aliphatic carbocycles. The summed E-state index contributed by atoms with van der Waals surface area (Å²) < 4.78 is 5.39. The fourth-order valence-corrected chi connectivity index (χ4v) is 1.32. The van der Waals surface area contributed by atoms with Crippen molar-refractivity contribution in [3.63, 3.8) is 0 Å². The fourth-order valence-electron chi connectivity index (χ4n) is 1.32. The lowest BCUT2D eigenvalue weighted by Gasteiger charge is -2.12. The molecule has 1 N–H and O–H groups in total. The Hall–Kier alpha value is -0.0800. The molecule has 1 aliphatic rings. The van der Waals surface area contributed by atoms with Gasteiger partial charge in [-0.2, -0.15) is 0 Å². The van der Waals surface area contributed by atoms with E-state index >= 15 is 0 Å². The van der Waals surface area contributed by atoms with Crippen molar-refractivity contribution < 1.29 is 4.74 Å². The molecule has 2 heteroatoms. The number of nitrogens with one attached hydrogen (secondary N) is 1. The molecule has 1 heterocycles. The van der Waals surface area contributed by atoms with Gasteiger partial charge in [-0.25, -0.2) is 0 Å². The van der Waals surface area contributed by atoms with Crippen LogP contribution in [0, 0.1) is 0 Å². The third-order valence-electron chi connectivity index (χ3n) is 1.93. The highest BCUT2D eigenvalue weighted by molar-refractivity contribution is 4.77. The maximum atomic E-state index is 5.39. The number of rotatable bonds is 2. The zero-order valence-electron chi connectivity index (χ0n) is 6.18. The van der Waals surface area contributed by atoms with E-state index in [-0.39, 0.29) is 0 Å². The highest BCUT2D eigenvalue weighted by Gasteiger charge is 2.23. The molecule has 1 rings (SSSR count). The summed E-state index contributed by atoms with van der Waals surface area (Å²) in [6.45, 7) is 5.10. The van der Waals surface area contributed by atoms with Crippen LogP contribution in [-0.4, -0.2) is 18.9 Å². The average molecular weight is 129 g/mol. The van der Waals surface area contributed by atoms with E-state index < -0.39 is 0 Å². The summed E-state index contributed by atoms with van der Waals surface area (Å²) in [5.41, 5.74) is 0. The van der Waals surface area contributed by atoms with E-state index in [0.29, 0.717) is 12.1 Å². The van der Waals surface area contributed by atoms with Gasteiger partial charge in [-0.3, -0.25) is 5.32 Å². The van der Waals surface area contributed by atoms with Crippen LogP contribution in [0.25, 0.3) is 0 Å². The second-order valence-corrected chi connectivity index (χ2v) is 2.48. The van der Waals surface area contributed by atoms with Crippen LogP contribution >= 0.6 is 0 Å². The third-order valence-corrected chi connectivity index (χ3v) is 1.93. The van der Waals surface area contributed by atoms with Crippen LogP contribution in [0.2, 0.25) is 0 Å². The molecule has 1 aliphatic heterocycles. The summed E-state index contributed by atoms with van der Waals surface area (Å²) in [4.78, 5) is 0. The Morgan fingerprint density at radius 3 is 2.67 bits per heavy atom. The van der Waals surface area contributed by atoms with Gasteiger partial charge in [0.15, 0.2) is 0 Å². The maximum Gasteiger partial charge on any atom is 0.0972 e. The predicted octanol–water partition coefficient (Wildman–Crippen LogP) is 1.12. The minimum Gasteiger partial charge on any atom is -0.361 e. The minimum atomic E-state index is 0.468. The van der Waals surface area contributed by atoms with Gasteiger partial charge in [-0.05, 0) is 12.8 Å². The minimum absolute atomic E-state index is 0.468. The Kier molecular flexibility index (Phi) is 2.49.